The zero-order valence-electron chi connectivity index (χ0n) is 31.5. The largest absolute Gasteiger partial charge is 0.507 e. The number of hydrogen-bond donors (Lipinski definition) is 1. The van der Waals surface area contributed by atoms with Gasteiger partial charge in [0.25, 0.3) is 0 Å². The molecule has 0 radical (unpaired) electrons. The third-order valence-corrected chi connectivity index (χ3v) is 11.3. The Balaban J connectivity index is 0.00000427. The van der Waals surface area contributed by atoms with Gasteiger partial charge in [-0.2, -0.15) is 0 Å². The van der Waals surface area contributed by atoms with E-state index in [1.807, 2.05) is 42.6 Å². The molecule has 5 heteroatoms. The fourth-order valence-corrected chi connectivity index (χ4v) is 8.16. The van der Waals surface area contributed by atoms with Crippen LogP contribution in [0.2, 0.25) is 0 Å². The van der Waals surface area contributed by atoms with Gasteiger partial charge in [-0.15, -0.1) is 23.8 Å². The number of benzene rings is 6. The second kappa shape index (κ2) is 14.3. The van der Waals surface area contributed by atoms with E-state index in [0.29, 0.717) is 5.82 Å². The van der Waals surface area contributed by atoms with E-state index in [0.717, 1.165) is 79.8 Å². The van der Waals surface area contributed by atoms with Gasteiger partial charge in [0, 0.05) is 38.6 Å². The molecule has 0 amide bonds. The molecule has 2 heterocycles. The quantitative estimate of drug-likeness (QED) is 0.169. The van der Waals surface area contributed by atoms with Crippen LogP contribution in [-0.4, -0.2) is 19.6 Å². The van der Waals surface area contributed by atoms with Crippen LogP contribution in [0.15, 0.2) is 152 Å². The topological polar surface area (TPSA) is 50.9 Å². The van der Waals surface area contributed by atoms with E-state index in [1.54, 1.807) is 0 Å². The molecule has 9 rings (SSSR count). The van der Waals surface area contributed by atoms with Crippen LogP contribution in [0.4, 0.5) is 0 Å². The fraction of sp³-hybridized carbons (Fsp3) is 0.160. The van der Waals surface area contributed by atoms with Crippen molar-refractivity contribution in [3.63, 3.8) is 0 Å². The van der Waals surface area contributed by atoms with Gasteiger partial charge >= 0.3 is 0 Å². The molecular weight excluding hydrogens is 854 g/mol. The maximum atomic E-state index is 11.9. The molecule has 0 aliphatic heterocycles. The van der Waals surface area contributed by atoms with Crippen molar-refractivity contribution in [2.75, 3.05) is 0 Å². The molecule has 2 aromatic heterocycles. The monoisotopic (exact) mass is 895 g/mol. The van der Waals surface area contributed by atoms with E-state index < -0.39 is 0 Å². The van der Waals surface area contributed by atoms with Crippen LogP contribution >= 0.6 is 0 Å². The van der Waals surface area contributed by atoms with Crippen molar-refractivity contribution in [1.29, 1.82) is 0 Å². The number of phenols is 1. The number of imidazole rings is 1. The van der Waals surface area contributed by atoms with Gasteiger partial charge in [-0.1, -0.05) is 141 Å². The fourth-order valence-electron chi connectivity index (χ4n) is 8.16. The van der Waals surface area contributed by atoms with Crippen LogP contribution in [-0.2, 0) is 31.9 Å². The van der Waals surface area contributed by atoms with Crippen LogP contribution < -0.4 is 0 Å². The van der Waals surface area contributed by atoms with Crippen molar-refractivity contribution >= 4 is 11.0 Å². The maximum Gasteiger partial charge on any atom is 0.148 e. The minimum absolute atomic E-state index is 0. The number of fused-ring (bicyclic) bond motifs is 2. The van der Waals surface area contributed by atoms with Gasteiger partial charge in [0.1, 0.15) is 11.6 Å². The van der Waals surface area contributed by atoms with E-state index in [1.165, 1.54) is 11.1 Å². The summed E-state index contributed by atoms with van der Waals surface area (Å²) in [5.74, 6) is 0.956. The molecule has 274 valence electrons. The molecule has 0 spiro atoms. The summed E-state index contributed by atoms with van der Waals surface area (Å²) in [6.45, 7) is 9.20. The van der Waals surface area contributed by atoms with Gasteiger partial charge in [0.05, 0.1) is 16.6 Å². The van der Waals surface area contributed by atoms with Gasteiger partial charge < -0.3 is 5.11 Å². The third kappa shape index (κ3) is 6.64. The van der Waals surface area contributed by atoms with Gasteiger partial charge in [-0.3, -0.25) is 9.55 Å². The molecule has 0 saturated heterocycles. The normalized spacial score (nSPS) is 14.3. The SMILES string of the molecule is CC1(C)CCC(C)(C)c2cc(-c3nc4c(-c5[c-]c(-c6cc(-c7ccccc7)ccn6)cc(-c6ccccc6)c5)cccc4n3-c3ccccc3)c(O)cc21.[Pt]. The van der Waals surface area contributed by atoms with Crippen molar-refractivity contribution in [3.05, 3.63) is 169 Å². The molecule has 1 aliphatic rings. The second-order valence-electron chi connectivity index (χ2n) is 15.8. The predicted molar refractivity (Wildman–Crippen MR) is 222 cm³/mol. The molecule has 4 nitrogen and oxygen atoms in total. The third-order valence-electron chi connectivity index (χ3n) is 11.3. The van der Waals surface area contributed by atoms with E-state index in [2.05, 4.69) is 148 Å². The zero-order valence-corrected chi connectivity index (χ0v) is 33.7. The first-order valence-corrected chi connectivity index (χ1v) is 18.8. The van der Waals surface area contributed by atoms with Crippen LogP contribution in [0.3, 0.4) is 0 Å². The molecule has 1 N–H and O–H groups in total. The first kappa shape index (κ1) is 36.4. The van der Waals surface area contributed by atoms with Crippen molar-refractivity contribution in [1.82, 2.24) is 14.5 Å². The molecule has 6 aromatic carbocycles. The van der Waals surface area contributed by atoms with Gasteiger partial charge in [0.15, 0.2) is 0 Å². The summed E-state index contributed by atoms with van der Waals surface area (Å²) in [5.41, 5.74) is 14.0. The number of phenolic OH excluding ortho intramolecular Hbond substituents is 1. The molecule has 0 unspecified atom stereocenters. The number of para-hydroxylation sites is 2. The van der Waals surface area contributed by atoms with Gasteiger partial charge in [0.2, 0.25) is 0 Å². The van der Waals surface area contributed by atoms with Crippen LogP contribution in [0.5, 0.6) is 5.75 Å². The first-order chi connectivity index (χ1) is 26.2. The molecule has 0 fully saturated rings. The van der Waals surface area contributed by atoms with E-state index in [4.69, 9.17) is 9.97 Å². The summed E-state index contributed by atoms with van der Waals surface area (Å²) in [4.78, 5) is 10.3. The van der Waals surface area contributed by atoms with Crippen molar-refractivity contribution in [3.8, 4) is 67.5 Å². The van der Waals surface area contributed by atoms with Crippen molar-refractivity contribution in [2.24, 2.45) is 0 Å². The number of hydrogen-bond acceptors (Lipinski definition) is 3. The Morgan fingerprint density at radius 3 is 1.85 bits per heavy atom. The Morgan fingerprint density at radius 1 is 0.582 bits per heavy atom. The molecular formula is C50H42N3OPt-. The molecule has 55 heavy (non-hydrogen) atoms. The molecule has 0 atom stereocenters. The predicted octanol–water partition coefficient (Wildman–Crippen LogP) is 12.6. The molecule has 0 bridgehead atoms. The smallest absolute Gasteiger partial charge is 0.148 e. The minimum atomic E-state index is -0.0306. The van der Waals surface area contributed by atoms with E-state index in [-0.39, 0.29) is 37.6 Å². The number of rotatable bonds is 6. The summed E-state index contributed by atoms with van der Waals surface area (Å²) < 4.78 is 2.19. The number of nitrogens with zero attached hydrogens (tertiary/aromatic N) is 3. The Kier molecular flexibility index (Phi) is 9.43. The van der Waals surface area contributed by atoms with E-state index >= 15 is 0 Å². The Bertz CT molecular complexity index is 2660. The average molecular weight is 896 g/mol. The van der Waals surface area contributed by atoms with Crippen molar-refractivity contribution < 1.29 is 26.2 Å². The summed E-state index contributed by atoms with van der Waals surface area (Å²) in [6, 6.07) is 54.1. The summed E-state index contributed by atoms with van der Waals surface area (Å²) in [5, 5.41) is 11.9. The maximum absolute atomic E-state index is 11.9. The summed E-state index contributed by atoms with van der Waals surface area (Å²) in [6.07, 6.45) is 4.03. The molecule has 1 aliphatic carbocycles. The Morgan fingerprint density at radius 2 is 1.18 bits per heavy atom. The minimum Gasteiger partial charge on any atom is -0.507 e. The number of aromatic hydroxyl groups is 1. The van der Waals surface area contributed by atoms with Crippen molar-refractivity contribution in [2.45, 2.75) is 51.4 Å². The van der Waals surface area contributed by atoms with Crippen LogP contribution in [0, 0.1) is 6.07 Å². The number of pyridine rings is 1. The van der Waals surface area contributed by atoms with Crippen LogP contribution in [0.1, 0.15) is 51.7 Å². The summed E-state index contributed by atoms with van der Waals surface area (Å²) >= 11 is 0. The Labute approximate surface area is 337 Å². The summed E-state index contributed by atoms with van der Waals surface area (Å²) in [7, 11) is 0. The molecule has 8 aromatic rings. The zero-order chi connectivity index (χ0) is 37.0. The average Bonchev–Trinajstić information content (AvgIpc) is 3.60. The Hall–Kier alpha value is -5.57. The van der Waals surface area contributed by atoms with E-state index in [9.17, 15) is 5.11 Å². The van der Waals surface area contributed by atoms with Gasteiger partial charge in [-0.05, 0) is 87.9 Å². The van der Waals surface area contributed by atoms with Crippen LogP contribution in [0.25, 0.3) is 72.7 Å². The number of aromatic nitrogens is 3. The standard InChI is InChI=1S/C50H42N3O.Pt/c1-49(2)24-25-50(3,4)43-32-46(54)41(31-42(43)49)48-52-47-40(21-14-22-45(47)53(48)39-19-12-7-13-20-39)37-27-36(34-17-10-6-11-18-34)28-38(29-37)44-30-35(23-26-51-44)33-15-8-5-9-16-33;/h5-23,26-28,30-32,54H,24-25H2,1-4H3;/q-1;. The second-order valence-corrected chi connectivity index (χ2v) is 15.8. The molecule has 0 saturated carbocycles. The first-order valence-electron chi connectivity index (χ1n) is 18.8. The van der Waals surface area contributed by atoms with Gasteiger partial charge in [-0.25, -0.2) is 4.98 Å².